The summed E-state index contributed by atoms with van der Waals surface area (Å²) in [4.78, 5) is 10.3. The molecule has 92 valence electrons. The third kappa shape index (κ3) is 5.16. The van der Waals surface area contributed by atoms with Gasteiger partial charge in [-0.15, -0.1) is 0 Å². The zero-order valence-electron chi connectivity index (χ0n) is 10.2. The molecule has 1 rings (SSSR count). The minimum absolute atomic E-state index is 0.354. The van der Waals surface area contributed by atoms with Gasteiger partial charge in [0, 0.05) is 6.54 Å². The molecule has 0 saturated carbocycles. The van der Waals surface area contributed by atoms with E-state index in [1.165, 1.54) is 18.4 Å². The quantitative estimate of drug-likeness (QED) is 0.553. The van der Waals surface area contributed by atoms with E-state index >= 15 is 0 Å². The third-order valence-corrected chi connectivity index (χ3v) is 2.84. The lowest BCUT2D eigenvalue weighted by Crippen LogP contribution is -2.29. The van der Waals surface area contributed by atoms with Crippen LogP contribution in [0, 0.1) is 11.8 Å². The minimum Gasteiger partial charge on any atom is -0.448 e. The Labute approximate surface area is 97.2 Å². The van der Waals surface area contributed by atoms with Crippen LogP contribution in [0.4, 0.5) is 4.79 Å². The molecule has 0 fully saturated rings. The maximum Gasteiger partial charge on any atom is 0.404 e. The van der Waals surface area contributed by atoms with Gasteiger partial charge in [0.05, 0.1) is 0 Å². The first-order valence-electron chi connectivity index (χ1n) is 5.88. The Hall–Kier alpha value is -1.03. The Morgan fingerprint density at radius 1 is 1.69 bits per heavy atom. The van der Waals surface area contributed by atoms with Crippen LogP contribution in [0.2, 0.25) is 0 Å². The Morgan fingerprint density at radius 2 is 2.44 bits per heavy atom. The number of amides is 1. The number of rotatable bonds is 5. The second kappa shape index (κ2) is 6.53. The molecule has 1 aliphatic carbocycles. The Bertz CT molecular complexity index is 264. The number of carbonyl (C=O) groups excluding carboxylic acids is 1. The fraction of sp³-hybridized carbons (Fsp3) is 0.750. The number of allylic oxidation sites excluding steroid dienone is 2. The van der Waals surface area contributed by atoms with Crippen molar-refractivity contribution in [2.45, 2.75) is 26.7 Å². The summed E-state index contributed by atoms with van der Waals surface area (Å²) in [5.41, 5.74) is 6.34. The summed E-state index contributed by atoms with van der Waals surface area (Å²) in [6, 6.07) is 0. The van der Waals surface area contributed by atoms with Crippen molar-refractivity contribution < 1.29 is 9.53 Å². The van der Waals surface area contributed by atoms with Crippen LogP contribution in [-0.2, 0) is 4.74 Å². The lowest BCUT2D eigenvalue weighted by Gasteiger charge is -2.25. The van der Waals surface area contributed by atoms with Gasteiger partial charge in [0.1, 0.15) is 6.61 Å². The van der Waals surface area contributed by atoms with Crippen LogP contribution in [0.5, 0.6) is 0 Å². The van der Waals surface area contributed by atoms with E-state index in [0.717, 1.165) is 6.54 Å². The van der Waals surface area contributed by atoms with E-state index in [2.05, 4.69) is 30.0 Å². The van der Waals surface area contributed by atoms with E-state index in [1.807, 2.05) is 0 Å². The van der Waals surface area contributed by atoms with Crippen molar-refractivity contribution in [2.24, 2.45) is 17.6 Å². The highest BCUT2D eigenvalue weighted by Crippen LogP contribution is 2.26. The first-order valence-corrected chi connectivity index (χ1v) is 5.88. The summed E-state index contributed by atoms with van der Waals surface area (Å²) >= 11 is 0. The van der Waals surface area contributed by atoms with Crippen molar-refractivity contribution in [1.29, 1.82) is 0 Å². The van der Waals surface area contributed by atoms with Crippen molar-refractivity contribution in [1.82, 2.24) is 5.32 Å². The zero-order valence-corrected chi connectivity index (χ0v) is 10.2. The molecule has 1 aliphatic rings. The SMILES string of the molecule is CC1=CC(C)CC(CNCCOC(N)=O)C1. The maximum atomic E-state index is 10.3. The summed E-state index contributed by atoms with van der Waals surface area (Å²) < 4.78 is 4.64. The van der Waals surface area contributed by atoms with Crippen molar-refractivity contribution in [3.05, 3.63) is 11.6 Å². The van der Waals surface area contributed by atoms with Crippen molar-refractivity contribution in [3.8, 4) is 0 Å². The monoisotopic (exact) mass is 226 g/mol. The lowest BCUT2D eigenvalue weighted by atomic mass is 9.84. The first kappa shape index (κ1) is 13.0. The van der Waals surface area contributed by atoms with Crippen LogP contribution in [0.3, 0.4) is 0 Å². The van der Waals surface area contributed by atoms with Gasteiger partial charge in [0.15, 0.2) is 0 Å². The lowest BCUT2D eigenvalue weighted by molar-refractivity contribution is 0.156. The van der Waals surface area contributed by atoms with Crippen LogP contribution in [0.25, 0.3) is 0 Å². The number of hydrogen-bond donors (Lipinski definition) is 2. The van der Waals surface area contributed by atoms with Gasteiger partial charge in [-0.2, -0.15) is 0 Å². The average molecular weight is 226 g/mol. The molecule has 0 aromatic heterocycles. The van der Waals surface area contributed by atoms with Crippen molar-refractivity contribution in [2.75, 3.05) is 19.7 Å². The van der Waals surface area contributed by atoms with Crippen LogP contribution < -0.4 is 11.1 Å². The number of carbonyl (C=O) groups is 1. The summed E-state index contributed by atoms with van der Waals surface area (Å²) in [6.45, 7) is 6.46. The number of nitrogens with one attached hydrogen (secondary N) is 1. The second-order valence-corrected chi connectivity index (χ2v) is 4.67. The molecule has 3 N–H and O–H groups in total. The first-order chi connectivity index (χ1) is 7.58. The highest BCUT2D eigenvalue weighted by atomic mass is 16.5. The molecule has 0 aromatic rings. The van der Waals surface area contributed by atoms with Crippen LogP contribution in [0.1, 0.15) is 26.7 Å². The predicted octanol–water partition coefficient (Wildman–Crippen LogP) is 1.66. The molecule has 2 atom stereocenters. The molecule has 16 heavy (non-hydrogen) atoms. The zero-order chi connectivity index (χ0) is 12.0. The normalized spacial score (nSPS) is 25.0. The van der Waals surface area contributed by atoms with Crippen LogP contribution >= 0.6 is 0 Å². The van der Waals surface area contributed by atoms with Gasteiger partial charge in [-0.25, -0.2) is 4.79 Å². The number of hydrogen-bond acceptors (Lipinski definition) is 3. The highest BCUT2D eigenvalue weighted by Gasteiger charge is 2.17. The molecule has 2 unspecified atom stereocenters. The molecule has 0 heterocycles. The minimum atomic E-state index is -0.702. The number of ether oxygens (including phenoxy) is 1. The van der Waals surface area contributed by atoms with Gasteiger partial charge < -0.3 is 15.8 Å². The van der Waals surface area contributed by atoms with E-state index < -0.39 is 6.09 Å². The van der Waals surface area contributed by atoms with E-state index in [1.54, 1.807) is 0 Å². The van der Waals surface area contributed by atoms with E-state index in [9.17, 15) is 4.79 Å². The standard InChI is InChI=1S/C12H22N2O2/c1-9-5-10(2)7-11(6-9)8-14-3-4-16-12(13)15/h5,9,11,14H,3-4,6-8H2,1-2H3,(H2,13,15). The van der Waals surface area contributed by atoms with Crippen LogP contribution in [0.15, 0.2) is 11.6 Å². The molecular weight excluding hydrogens is 204 g/mol. The number of nitrogens with two attached hydrogens (primary N) is 1. The maximum absolute atomic E-state index is 10.3. The fourth-order valence-electron chi connectivity index (χ4n) is 2.37. The van der Waals surface area contributed by atoms with Gasteiger partial charge in [-0.1, -0.05) is 18.6 Å². The van der Waals surface area contributed by atoms with Gasteiger partial charge >= 0.3 is 6.09 Å². The Morgan fingerprint density at radius 3 is 3.06 bits per heavy atom. The summed E-state index contributed by atoms with van der Waals surface area (Å²) in [5.74, 6) is 1.39. The van der Waals surface area contributed by atoms with Gasteiger partial charge in [0.25, 0.3) is 0 Å². The predicted molar refractivity (Wildman–Crippen MR) is 64.1 cm³/mol. The van der Waals surface area contributed by atoms with E-state index in [4.69, 9.17) is 5.73 Å². The summed E-state index contributed by atoms with van der Waals surface area (Å²) in [6.07, 6.45) is 4.06. The molecule has 0 aliphatic heterocycles. The van der Waals surface area contributed by atoms with E-state index in [0.29, 0.717) is 25.0 Å². The smallest absolute Gasteiger partial charge is 0.404 e. The summed E-state index contributed by atoms with van der Waals surface area (Å²) in [7, 11) is 0. The highest BCUT2D eigenvalue weighted by molar-refractivity contribution is 5.64. The second-order valence-electron chi connectivity index (χ2n) is 4.67. The van der Waals surface area contributed by atoms with Crippen LogP contribution in [-0.4, -0.2) is 25.8 Å². The molecule has 0 aromatic carbocycles. The third-order valence-electron chi connectivity index (χ3n) is 2.84. The fourth-order valence-corrected chi connectivity index (χ4v) is 2.37. The topological polar surface area (TPSA) is 64.3 Å². The molecule has 0 spiro atoms. The largest absolute Gasteiger partial charge is 0.448 e. The molecule has 0 bridgehead atoms. The number of primary amides is 1. The van der Waals surface area contributed by atoms with Crippen molar-refractivity contribution in [3.63, 3.8) is 0 Å². The van der Waals surface area contributed by atoms with E-state index in [-0.39, 0.29) is 0 Å². The Balaban J connectivity index is 2.10. The molecule has 0 radical (unpaired) electrons. The Kier molecular flexibility index (Phi) is 5.32. The van der Waals surface area contributed by atoms with Gasteiger partial charge in [-0.3, -0.25) is 0 Å². The molecule has 4 nitrogen and oxygen atoms in total. The van der Waals surface area contributed by atoms with Crippen molar-refractivity contribution >= 4 is 6.09 Å². The molecular formula is C12H22N2O2. The van der Waals surface area contributed by atoms with Gasteiger partial charge in [0.2, 0.25) is 0 Å². The molecule has 0 saturated heterocycles. The molecule has 1 amide bonds. The average Bonchev–Trinajstić information content (AvgIpc) is 2.15. The summed E-state index contributed by atoms with van der Waals surface area (Å²) in [5, 5.41) is 3.29. The molecule has 4 heteroatoms. The van der Waals surface area contributed by atoms with Gasteiger partial charge in [-0.05, 0) is 38.1 Å².